The van der Waals surface area contributed by atoms with E-state index < -0.39 is 48.1 Å². The van der Waals surface area contributed by atoms with E-state index in [0.29, 0.717) is 48.2 Å². The summed E-state index contributed by atoms with van der Waals surface area (Å²) in [5.41, 5.74) is 1.61. The second-order valence-corrected chi connectivity index (χ2v) is 13.3. The van der Waals surface area contributed by atoms with Gasteiger partial charge in [-0.25, -0.2) is 8.42 Å². The van der Waals surface area contributed by atoms with Crippen LogP contribution in [-0.2, 0) is 21.1 Å². The third-order valence-corrected chi connectivity index (χ3v) is 8.57. The van der Waals surface area contributed by atoms with Gasteiger partial charge in [0.2, 0.25) is 0 Å². The molecule has 0 amide bonds. The Labute approximate surface area is 268 Å². The number of benzene rings is 2. The maximum Gasteiger partial charge on any atom is 0.411 e. The van der Waals surface area contributed by atoms with E-state index in [9.17, 15) is 39.9 Å². The van der Waals surface area contributed by atoms with Crippen LogP contribution < -0.4 is 15.4 Å². The van der Waals surface area contributed by atoms with Crippen LogP contribution in [-0.4, -0.2) is 100 Å². The molecule has 1 aliphatic rings. The molecule has 3 aromatic rings. The first-order valence-corrected chi connectivity index (χ1v) is 16.5. The molecule has 258 valence electrons. The smallest absolute Gasteiger partial charge is 0.411 e. The van der Waals surface area contributed by atoms with Crippen molar-refractivity contribution in [3.63, 3.8) is 0 Å². The van der Waals surface area contributed by atoms with E-state index in [1.54, 1.807) is 24.3 Å². The number of aliphatic hydroxyl groups is 1. The number of β-amino-alcohol motifs (C(OH)–C–C–N with tert-alkyl or cyclic N) is 1. The van der Waals surface area contributed by atoms with E-state index >= 15 is 0 Å². The summed E-state index contributed by atoms with van der Waals surface area (Å²) in [6.45, 7) is -1.77. The van der Waals surface area contributed by atoms with Gasteiger partial charge in [-0.1, -0.05) is 12.0 Å². The van der Waals surface area contributed by atoms with E-state index in [1.807, 2.05) is 4.90 Å². The largest absolute Gasteiger partial charge is 0.495 e. The molecule has 1 unspecified atom stereocenters. The van der Waals surface area contributed by atoms with E-state index in [0.717, 1.165) is 10.8 Å². The minimum Gasteiger partial charge on any atom is -0.495 e. The Morgan fingerprint density at radius 1 is 1.04 bits per heavy atom. The second kappa shape index (κ2) is 15.1. The summed E-state index contributed by atoms with van der Waals surface area (Å²) in [5.74, 6) is 5.94. The molecule has 9 nitrogen and oxygen atoms in total. The summed E-state index contributed by atoms with van der Waals surface area (Å²) >= 11 is 0. The zero-order valence-electron chi connectivity index (χ0n) is 25.7. The Bertz CT molecular complexity index is 1690. The summed E-state index contributed by atoms with van der Waals surface area (Å²) in [7, 11) is -2.07. The van der Waals surface area contributed by atoms with Crippen LogP contribution in [0.2, 0.25) is 0 Å². The number of aliphatic hydroxyl groups excluding tert-OH is 1. The predicted octanol–water partition coefficient (Wildman–Crippen LogP) is 4.90. The standard InChI is InChI=1S/C31H36F6N4O5S/c1-45-29-16-24(47(2,43)44)8-9-27(29)38-12-4-5-22-15-25-26(6-3-7-28(25)41(22)19-30(32,33)34)39-21-10-13-40(14-11-21)17-23(42)18-46-20-31(35,36)37/h3,6-9,15-16,21,23,38-39,42H,10-14,17-20H2,1-2H3. The van der Waals surface area contributed by atoms with Crippen molar-refractivity contribution in [2.24, 2.45) is 0 Å². The van der Waals surface area contributed by atoms with E-state index in [1.165, 1.54) is 25.3 Å². The molecule has 0 radical (unpaired) electrons. The molecule has 47 heavy (non-hydrogen) atoms. The van der Waals surface area contributed by atoms with Crippen molar-refractivity contribution in [3.05, 3.63) is 48.2 Å². The van der Waals surface area contributed by atoms with Crippen LogP contribution in [0, 0.1) is 11.8 Å². The molecule has 16 heteroatoms. The maximum absolute atomic E-state index is 13.6. The average molecular weight is 691 g/mol. The van der Waals surface area contributed by atoms with Gasteiger partial charge in [0.1, 0.15) is 18.9 Å². The lowest BCUT2D eigenvalue weighted by Crippen LogP contribution is -2.43. The van der Waals surface area contributed by atoms with Crippen LogP contribution in [0.4, 0.5) is 37.7 Å². The molecule has 4 rings (SSSR count). The van der Waals surface area contributed by atoms with Crippen LogP contribution >= 0.6 is 0 Å². The number of anilines is 2. The molecule has 1 atom stereocenters. The highest BCUT2D eigenvalue weighted by Crippen LogP contribution is 2.32. The number of hydrogen-bond donors (Lipinski definition) is 3. The SMILES string of the molecule is COc1cc(S(C)(=O)=O)ccc1NCC#Cc1cc2c(NC3CCN(CC(O)COCC(F)(F)F)CC3)cccc2n1CC(F)(F)F. The topological polar surface area (TPSA) is 105 Å². The molecule has 2 heterocycles. The lowest BCUT2D eigenvalue weighted by Gasteiger charge is -2.34. The fourth-order valence-electron chi connectivity index (χ4n) is 5.33. The minimum atomic E-state index is -4.51. The Morgan fingerprint density at radius 2 is 1.77 bits per heavy atom. The second-order valence-electron chi connectivity index (χ2n) is 11.3. The number of fused-ring (bicyclic) bond motifs is 1. The molecule has 0 bridgehead atoms. The number of hydrogen-bond acceptors (Lipinski definition) is 8. The van der Waals surface area contributed by atoms with Gasteiger partial charge in [-0.15, -0.1) is 0 Å². The summed E-state index contributed by atoms with van der Waals surface area (Å²) in [6.07, 6.45) is -7.68. The Kier molecular flexibility index (Phi) is 11.6. The number of ether oxygens (including phenoxy) is 2. The van der Waals surface area contributed by atoms with Crippen LogP contribution in [0.15, 0.2) is 47.4 Å². The monoisotopic (exact) mass is 690 g/mol. The zero-order chi connectivity index (χ0) is 34.4. The highest BCUT2D eigenvalue weighted by molar-refractivity contribution is 7.90. The zero-order valence-corrected chi connectivity index (χ0v) is 26.5. The van der Waals surface area contributed by atoms with Crippen molar-refractivity contribution in [1.29, 1.82) is 0 Å². The molecular formula is C31H36F6N4O5S. The van der Waals surface area contributed by atoms with Gasteiger partial charge in [0, 0.05) is 49.1 Å². The molecule has 1 aromatic heterocycles. The number of likely N-dealkylation sites (tertiary alicyclic amines) is 1. The van der Waals surface area contributed by atoms with Gasteiger partial charge in [0.15, 0.2) is 9.84 Å². The fraction of sp³-hybridized carbons (Fsp3) is 0.484. The predicted molar refractivity (Wildman–Crippen MR) is 165 cm³/mol. The van der Waals surface area contributed by atoms with Crippen LogP contribution in [0.3, 0.4) is 0 Å². The minimum absolute atomic E-state index is 0.0239. The van der Waals surface area contributed by atoms with Gasteiger partial charge < -0.3 is 34.7 Å². The van der Waals surface area contributed by atoms with Crippen molar-refractivity contribution < 1.29 is 49.3 Å². The highest BCUT2D eigenvalue weighted by atomic mass is 32.2. The lowest BCUT2D eigenvalue weighted by molar-refractivity contribution is -0.179. The highest BCUT2D eigenvalue weighted by Gasteiger charge is 2.31. The third kappa shape index (κ3) is 10.7. The maximum atomic E-state index is 13.6. The van der Waals surface area contributed by atoms with Crippen molar-refractivity contribution in [1.82, 2.24) is 9.47 Å². The van der Waals surface area contributed by atoms with Gasteiger partial charge in [-0.3, -0.25) is 0 Å². The van der Waals surface area contributed by atoms with Crippen molar-refractivity contribution in [2.75, 3.05) is 63.4 Å². The number of nitrogens with one attached hydrogen (secondary N) is 2. The molecule has 0 spiro atoms. The molecule has 0 saturated carbocycles. The van der Waals surface area contributed by atoms with Crippen LogP contribution in [0.25, 0.3) is 10.9 Å². The normalized spacial score (nSPS) is 15.7. The molecule has 2 aromatic carbocycles. The number of rotatable bonds is 12. The lowest BCUT2D eigenvalue weighted by atomic mass is 10.0. The number of nitrogens with zero attached hydrogens (tertiary/aromatic N) is 2. The van der Waals surface area contributed by atoms with Gasteiger partial charge in [-0.2, -0.15) is 26.3 Å². The first-order valence-electron chi connectivity index (χ1n) is 14.6. The molecule has 1 fully saturated rings. The summed E-state index contributed by atoms with van der Waals surface area (Å²) in [4.78, 5) is 2.00. The van der Waals surface area contributed by atoms with Crippen LogP contribution in [0.5, 0.6) is 5.75 Å². The number of methoxy groups -OCH3 is 1. The van der Waals surface area contributed by atoms with E-state index in [2.05, 4.69) is 27.2 Å². The fourth-order valence-corrected chi connectivity index (χ4v) is 5.96. The van der Waals surface area contributed by atoms with Gasteiger partial charge in [0.05, 0.1) is 48.2 Å². The van der Waals surface area contributed by atoms with Crippen molar-refractivity contribution >= 4 is 32.1 Å². The summed E-state index contributed by atoms with van der Waals surface area (Å²) < 4.78 is 112. The Balaban J connectivity index is 1.44. The van der Waals surface area contributed by atoms with Crippen molar-refractivity contribution in [2.45, 2.75) is 48.8 Å². The summed E-state index contributed by atoms with van der Waals surface area (Å²) in [6, 6.07) is 10.9. The molecule has 3 N–H and O–H groups in total. The Hall–Kier alpha value is -3.65. The van der Waals surface area contributed by atoms with Crippen molar-refractivity contribution in [3.8, 4) is 17.6 Å². The number of alkyl halides is 6. The molecule has 1 saturated heterocycles. The van der Waals surface area contributed by atoms with Gasteiger partial charge in [0.25, 0.3) is 0 Å². The van der Waals surface area contributed by atoms with E-state index in [4.69, 9.17) is 4.74 Å². The quantitative estimate of drug-likeness (QED) is 0.182. The van der Waals surface area contributed by atoms with Gasteiger partial charge >= 0.3 is 12.4 Å². The third-order valence-electron chi connectivity index (χ3n) is 7.46. The molecular weight excluding hydrogens is 654 g/mol. The number of aromatic nitrogens is 1. The summed E-state index contributed by atoms with van der Waals surface area (Å²) in [5, 5.41) is 17.0. The van der Waals surface area contributed by atoms with E-state index in [-0.39, 0.29) is 35.5 Å². The molecule has 1 aliphatic heterocycles. The first-order chi connectivity index (χ1) is 22.0. The molecule has 0 aliphatic carbocycles. The number of halogens is 6. The first kappa shape index (κ1) is 36.2. The Morgan fingerprint density at radius 3 is 2.40 bits per heavy atom. The van der Waals surface area contributed by atoms with Crippen LogP contribution in [0.1, 0.15) is 18.5 Å². The van der Waals surface area contributed by atoms with Gasteiger partial charge in [-0.05, 0) is 49.1 Å². The average Bonchev–Trinajstić information content (AvgIpc) is 3.31. The number of piperidine rings is 1. The number of sulfone groups is 1.